The molecule has 2 unspecified atom stereocenters. The van der Waals surface area contributed by atoms with Crippen molar-refractivity contribution in [2.45, 2.75) is 30.9 Å². The molecule has 0 aromatic carbocycles. The topological polar surface area (TPSA) is 164 Å². The Hall–Kier alpha value is -2.82. The highest BCUT2D eigenvalue weighted by atomic mass is 32.2. The minimum absolute atomic E-state index is 0.0104. The quantitative estimate of drug-likeness (QED) is 0.282. The number of fused-ring (bicyclic) bond motifs is 1. The second kappa shape index (κ2) is 9.81. The zero-order chi connectivity index (χ0) is 24.6. The summed E-state index contributed by atoms with van der Waals surface area (Å²) in [5.74, 6) is -1.73. The lowest BCUT2D eigenvalue weighted by atomic mass is 10.0. The fourth-order valence-corrected chi connectivity index (χ4v) is 5.75. The minimum atomic E-state index is -1.22. The number of rotatable bonds is 9. The van der Waals surface area contributed by atoms with Gasteiger partial charge in [0.2, 0.25) is 10.7 Å². The number of nitrogen functional groups attached to an aromatic ring is 1. The van der Waals surface area contributed by atoms with Gasteiger partial charge in [-0.1, -0.05) is 0 Å². The van der Waals surface area contributed by atoms with Gasteiger partial charge in [-0.2, -0.15) is 0 Å². The molecule has 0 spiro atoms. The van der Waals surface area contributed by atoms with E-state index in [0.29, 0.717) is 33.5 Å². The molecule has 2 aromatic heterocycles. The largest absolute Gasteiger partial charge is 0.477 e. The summed E-state index contributed by atoms with van der Waals surface area (Å²) in [7, 11) is 3.87. The van der Waals surface area contributed by atoms with Crippen molar-refractivity contribution >= 4 is 58.2 Å². The van der Waals surface area contributed by atoms with Crippen LogP contribution in [0.3, 0.4) is 0 Å². The molecule has 0 radical (unpaired) electrons. The second-order valence-electron chi connectivity index (χ2n) is 8.01. The molecule has 1 fully saturated rings. The molecule has 182 valence electrons. The van der Waals surface area contributed by atoms with Gasteiger partial charge >= 0.3 is 5.97 Å². The number of tetrazole rings is 1. The number of aliphatic carboxylic acids is 1. The third kappa shape index (κ3) is 4.84. The van der Waals surface area contributed by atoms with Crippen LogP contribution in [0.2, 0.25) is 0 Å². The number of anilines is 1. The Kier molecular flexibility index (Phi) is 7.01. The molecule has 2 atom stereocenters. The first kappa shape index (κ1) is 24.3. The number of nitrogens with two attached hydrogens (primary N) is 1. The van der Waals surface area contributed by atoms with E-state index in [1.807, 2.05) is 19.0 Å². The maximum absolute atomic E-state index is 12.8. The van der Waals surface area contributed by atoms with E-state index < -0.39 is 23.3 Å². The monoisotopic (exact) mass is 525 g/mol. The van der Waals surface area contributed by atoms with Crippen molar-refractivity contribution in [1.29, 1.82) is 0 Å². The van der Waals surface area contributed by atoms with E-state index in [1.54, 1.807) is 10.1 Å². The molecule has 2 amide bonds. The highest BCUT2D eigenvalue weighted by Gasteiger charge is 2.54. The first-order valence-electron chi connectivity index (χ1n) is 10.2. The maximum atomic E-state index is 12.8. The van der Waals surface area contributed by atoms with Crippen molar-refractivity contribution in [2.24, 2.45) is 0 Å². The van der Waals surface area contributed by atoms with E-state index in [0.717, 1.165) is 6.54 Å². The van der Waals surface area contributed by atoms with E-state index in [2.05, 4.69) is 20.7 Å². The van der Waals surface area contributed by atoms with Gasteiger partial charge in [0.1, 0.15) is 17.1 Å². The normalized spacial score (nSPS) is 19.9. The molecule has 4 rings (SSSR count). The van der Waals surface area contributed by atoms with E-state index >= 15 is 0 Å². The molecule has 13 nitrogen and oxygen atoms in total. The zero-order valence-electron chi connectivity index (χ0n) is 18.4. The predicted octanol–water partition coefficient (Wildman–Crippen LogP) is -0.609. The molecule has 0 bridgehead atoms. The van der Waals surface area contributed by atoms with Crippen molar-refractivity contribution in [3.8, 4) is 0 Å². The number of carbonyl (C=O) groups excluding carboxylic acids is 2. The van der Waals surface area contributed by atoms with E-state index in [9.17, 15) is 19.5 Å². The molecule has 4 heterocycles. The summed E-state index contributed by atoms with van der Waals surface area (Å²) >= 11 is 8.03. The van der Waals surface area contributed by atoms with E-state index in [4.69, 9.17) is 18.0 Å². The number of carboxylic acid groups (broad SMARTS) is 1. The van der Waals surface area contributed by atoms with Gasteiger partial charge in [-0.3, -0.25) is 14.5 Å². The van der Waals surface area contributed by atoms with Crippen molar-refractivity contribution in [3.63, 3.8) is 0 Å². The Labute approximate surface area is 207 Å². The van der Waals surface area contributed by atoms with Crippen molar-refractivity contribution in [1.82, 2.24) is 39.9 Å². The molecule has 16 heteroatoms. The Balaban J connectivity index is 1.47. The number of nitrogens with zero attached hydrogens (tertiary/aromatic N) is 7. The smallest absolute Gasteiger partial charge is 0.352 e. The number of thioether (sulfide) groups is 1. The number of carbonyl (C=O) groups is 3. The Morgan fingerprint density at radius 3 is 2.74 bits per heavy atom. The number of carboxylic acids is 1. The Morgan fingerprint density at radius 1 is 1.35 bits per heavy atom. The van der Waals surface area contributed by atoms with Gasteiger partial charge in [0.15, 0.2) is 5.13 Å². The molecule has 0 saturated carbocycles. The standard InChI is InChI=1S/C18H23N9O4S3/c1-24(2)3-4-25-18(32)26(23-22-25)6-9-7-33-15-12(14(29)27(15)13(9)16(30)31)21-11(28)5-10-8-34-17(19)20-10/h8,12,15H,3-7H2,1-2H3,(H2,19,20)(H,21,28)(H,30,31). The third-order valence-electron chi connectivity index (χ3n) is 5.27. The number of aromatic nitrogens is 5. The average molecular weight is 526 g/mol. The summed E-state index contributed by atoms with van der Waals surface area (Å²) in [5, 5.41) is 22.2. The summed E-state index contributed by atoms with van der Waals surface area (Å²) in [6, 6.07) is -0.807. The van der Waals surface area contributed by atoms with Crippen LogP contribution in [-0.2, 0) is 33.9 Å². The van der Waals surface area contributed by atoms with Gasteiger partial charge in [0.05, 0.1) is 25.2 Å². The first-order chi connectivity index (χ1) is 16.2. The lowest BCUT2D eigenvalue weighted by Crippen LogP contribution is -2.70. The van der Waals surface area contributed by atoms with Crippen molar-refractivity contribution < 1.29 is 19.5 Å². The number of hydrogen-bond donors (Lipinski definition) is 3. The van der Waals surface area contributed by atoms with Crippen LogP contribution in [-0.4, -0.2) is 95.3 Å². The molecule has 34 heavy (non-hydrogen) atoms. The summed E-state index contributed by atoms with van der Waals surface area (Å²) in [6.45, 7) is 1.38. The zero-order valence-corrected chi connectivity index (χ0v) is 20.8. The number of amides is 2. The first-order valence-corrected chi connectivity index (χ1v) is 12.5. The van der Waals surface area contributed by atoms with Crippen LogP contribution in [0.1, 0.15) is 5.69 Å². The molecule has 0 aliphatic carbocycles. The van der Waals surface area contributed by atoms with Gasteiger partial charge in [-0.05, 0) is 42.3 Å². The van der Waals surface area contributed by atoms with E-state index in [1.165, 1.54) is 32.7 Å². The molecular formula is C18H23N9O4S3. The van der Waals surface area contributed by atoms with Crippen LogP contribution in [0.5, 0.6) is 0 Å². The number of hydrogen-bond acceptors (Lipinski definition) is 11. The van der Waals surface area contributed by atoms with Gasteiger partial charge in [-0.25, -0.2) is 19.1 Å². The highest BCUT2D eigenvalue weighted by molar-refractivity contribution is 8.00. The third-order valence-corrected chi connectivity index (χ3v) is 7.76. The molecule has 2 aliphatic rings. The Morgan fingerprint density at radius 2 is 2.09 bits per heavy atom. The SMILES string of the molecule is CN(C)CCn1nnn(CC2=C(C(=O)O)N3C(=O)C(NC(=O)Cc4csc(N)n4)C3SC2)c1=S. The number of likely N-dealkylation sites (N-methyl/N-ethyl adjacent to an activating group) is 1. The summed E-state index contributed by atoms with van der Waals surface area (Å²) in [6.07, 6.45) is -0.0104. The lowest BCUT2D eigenvalue weighted by Gasteiger charge is -2.49. The van der Waals surface area contributed by atoms with Crippen LogP contribution >= 0.6 is 35.3 Å². The van der Waals surface area contributed by atoms with Crippen LogP contribution < -0.4 is 11.1 Å². The fraction of sp³-hybridized carbons (Fsp3) is 0.500. The van der Waals surface area contributed by atoms with Crippen LogP contribution in [0.15, 0.2) is 16.7 Å². The highest BCUT2D eigenvalue weighted by Crippen LogP contribution is 2.40. The average Bonchev–Trinajstić information content (AvgIpc) is 3.34. The van der Waals surface area contributed by atoms with Crippen LogP contribution in [0.4, 0.5) is 5.13 Å². The molecule has 2 aromatic rings. The summed E-state index contributed by atoms with van der Waals surface area (Å²) in [4.78, 5) is 44.5. The minimum Gasteiger partial charge on any atom is -0.477 e. The van der Waals surface area contributed by atoms with Crippen LogP contribution in [0, 0.1) is 4.77 Å². The molecule has 4 N–H and O–H groups in total. The summed E-state index contributed by atoms with van der Waals surface area (Å²) < 4.78 is 3.40. The lowest BCUT2D eigenvalue weighted by molar-refractivity contribution is -0.150. The van der Waals surface area contributed by atoms with E-state index in [-0.39, 0.29) is 24.6 Å². The molecule has 2 aliphatic heterocycles. The van der Waals surface area contributed by atoms with Crippen molar-refractivity contribution in [3.05, 3.63) is 27.1 Å². The predicted molar refractivity (Wildman–Crippen MR) is 127 cm³/mol. The summed E-state index contributed by atoms with van der Waals surface area (Å²) in [5.41, 5.74) is 6.50. The maximum Gasteiger partial charge on any atom is 0.352 e. The van der Waals surface area contributed by atoms with Gasteiger partial charge < -0.3 is 21.1 Å². The van der Waals surface area contributed by atoms with Crippen LogP contribution in [0.25, 0.3) is 0 Å². The number of nitrogens with one attached hydrogen (secondary N) is 1. The molecule has 1 saturated heterocycles. The Bertz CT molecular complexity index is 1220. The number of β-lactam (4-membered cyclic amide) rings is 1. The second-order valence-corrected chi connectivity index (χ2v) is 10.4. The fourth-order valence-electron chi connectivity index (χ4n) is 3.62. The van der Waals surface area contributed by atoms with Gasteiger partial charge in [0.25, 0.3) is 5.91 Å². The van der Waals surface area contributed by atoms with Gasteiger partial charge in [-0.15, -0.1) is 23.1 Å². The number of thiazole rings is 1. The molecular weight excluding hydrogens is 502 g/mol. The van der Waals surface area contributed by atoms with Crippen molar-refractivity contribution in [2.75, 3.05) is 32.1 Å². The van der Waals surface area contributed by atoms with Gasteiger partial charge in [0, 0.05) is 17.7 Å².